The summed E-state index contributed by atoms with van der Waals surface area (Å²) in [5, 5.41) is 18.1. The summed E-state index contributed by atoms with van der Waals surface area (Å²) in [5.74, 6) is -0.187. The average molecular weight is 280 g/mol. The van der Waals surface area contributed by atoms with Crippen molar-refractivity contribution in [2.45, 2.75) is 13.5 Å². The van der Waals surface area contributed by atoms with E-state index < -0.39 is 0 Å². The van der Waals surface area contributed by atoms with Crippen LogP contribution in [0.3, 0.4) is 0 Å². The lowest BCUT2D eigenvalue weighted by Crippen LogP contribution is -2.36. The van der Waals surface area contributed by atoms with Crippen LogP contribution >= 0.6 is 11.3 Å². The molecule has 0 unspecified atom stereocenters. The van der Waals surface area contributed by atoms with Crippen LogP contribution in [0.2, 0.25) is 0 Å². The molecule has 0 aliphatic rings. The summed E-state index contributed by atoms with van der Waals surface area (Å²) in [6, 6.07) is 3.59. The van der Waals surface area contributed by atoms with Crippen molar-refractivity contribution in [3.63, 3.8) is 0 Å². The van der Waals surface area contributed by atoms with Gasteiger partial charge in [-0.3, -0.25) is 9.59 Å². The van der Waals surface area contributed by atoms with E-state index >= 15 is 0 Å². The number of aromatic amines is 1. The van der Waals surface area contributed by atoms with E-state index in [4.69, 9.17) is 0 Å². The molecule has 2 rings (SSSR count). The molecule has 0 aromatic carbocycles. The fraction of sp³-hybridized carbons (Fsp3) is 0.300. The van der Waals surface area contributed by atoms with Crippen LogP contribution in [-0.4, -0.2) is 39.0 Å². The molecule has 2 aromatic heterocycles. The molecular formula is C10H12N6O2S. The van der Waals surface area contributed by atoms with Crippen molar-refractivity contribution in [2.75, 3.05) is 6.54 Å². The van der Waals surface area contributed by atoms with E-state index in [2.05, 4.69) is 31.3 Å². The predicted octanol–water partition coefficient (Wildman–Crippen LogP) is -0.384. The van der Waals surface area contributed by atoms with Gasteiger partial charge in [-0.25, -0.2) is 0 Å². The molecule has 8 nitrogen and oxygen atoms in total. The smallest absolute Gasteiger partial charge is 0.261 e. The van der Waals surface area contributed by atoms with Crippen LogP contribution in [0.25, 0.3) is 0 Å². The molecule has 0 aliphatic heterocycles. The highest BCUT2D eigenvalue weighted by Crippen LogP contribution is 2.14. The van der Waals surface area contributed by atoms with Crippen molar-refractivity contribution in [3.8, 4) is 0 Å². The van der Waals surface area contributed by atoms with E-state index in [-0.39, 0.29) is 24.9 Å². The minimum Gasteiger partial charge on any atom is -0.347 e. The molecule has 2 amide bonds. The minimum absolute atomic E-state index is 0.0897. The number of nitrogens with one attached hydrogen (secondary N) is 3. The number of carbonyl (C=O) groups is 2. The molecule has 19 heavy (non-hydrogen) atoms. The lowest BCUT2D eigenvalue weighted by Gasteiger charge is -2.03. The van der Waals surface area contributed by atoms with Crippen LogP contribution in [-0.2, 0) is 11.3 Å². The van der Waals surface area contributed by atoms with Gasteiger partial charge in [0, 0.05) is 4.88 Å². The van der Waals surface area contributed by atoms with Gasteiger partial charge in [0.05, 0.1) is 18.0 Å². The zero-order valence-corrected chi connectivity index (χ0v) is 11.0. The lowest BCUT2D eigenvalue weighted by atomic mass is 10.4. The first-order valence-electron chi connectivity index (χ1n) is 5.49. The first kappa shape index (κ1) is 13.1. The topological polar surface area (TPSA) is 113 Å². The first-order chi connectivity index (χ1) is 9.15. The molecule has 0 saturated heterocycles. The molecule has 0 saturated carbocycles. The van der Waals surface area contributed by atoms with Crippen molar-refractivity contribution in [2.24, 2.45) is 0 Å². The van der Waals surface area contributed by atoms with Crippen LogP contribution in [0.15, 0.2) is 12.1 Å². The van der Waals surface area contributed by atoms with Crippen LogP contribution in [0.4, 0.5) is 0 Å². The van der Waals surface area contributed by atoms with Crippen LogP contribution in [0.1, 0.15) is 20.4 Å². The van der Waals surface area contributed by atoms with Crippen molar-refractivity contribution in [3.05, 3.63) is 27.7 Å². The Labute approximate surface area is 112 Å². The molecule has 0 bridgehead atoms. The summed E-state index contributed by atoms with van der Waals surface area (Å²) in [4.78, 5) is 24.8. The SMILES string of the molecule is Cc1ccc(C(=O)NCC(=O)NCc2nn[nH]n2)s1. The molecule has 100 valence electrons. The quantitative estimate of drug-likeness (QED) is 0.690. The van der Waals surface area contributed by atoms with Gasteiger partial charge in [0.2, 0.25) is 5.91 Å². The van der Waals surface area contributed by atoms with Gasteiger partial charge in [-0.05, 0) is 19.1 Å². The third kappa shape index (κ3) is 3.85. The number of aromatic nitrogens is 4. The van der Waals surface area contributed by atoms with Gasteiger partial charge in [-0.1, -0.05) is 5.21 Å². The Morgan fingerprint density at radius 1 is 1.37 bits per heavy atom. The van der Waals surface area contributed by atoms with Gasteiger partial charge in [0.15, 0.2) is 5.82 Å². The molecule has 0 radical (unpaired) electrons. The summed E-state index contributed by atoms with van der Waals surface area (Å²) in [7, 11) is 0. The maximum absolute atomic E-state index is 11.7. The summed E-state index contributed by atoms with van der Waals surface area (Å²) in [6.07, 6.45) is 0. The van der Waals surface area contributed by atoms with E-state index in [1.165, 1.54) is 11.3 Å². The zero-order valence-electron chi connectivity index (χ0n) is 10.1. The molecule has 0 fully saturated rings. The lowest BCUT2D eigenvalue weighted by molar-refractivity contribution is -0.120. The molecule has 9 heteroatoms. The Bertz CT molecular complexity index is 564. The number of carbonyl (C=O) groups excluding carboxylic acids is 2. The maximum atomic E-state index is 11.7. The molecule has 3 N–H and O–H groups in total. The normalized spacial score (nSPS) is 10.2. The molecule has 2 heterocycles. The maximum Gasteiger partial charge on any atom is 0.261 e. The second-order valence-electron chi connectivity index (χ2n) is 3.70. The summed E-state index contributed by atoms with van der Waals surface area (Å²) < 4.78 is 0. The Morgan fingerprint density at radius 2 is 2.21 bits per heavy atom. The molecule has 0 aliphatic carbocycles. The number of tetrazole rings is 1. The van der Waals surface area contributed by atoms with Gasteiger partial charge >= 0.3 is 0 Å². The third-order valence-corrected chi connectivity index (χ3v) is 3.21. The van der Waals surface area contributed by atoms with Crippen LogP contribution in [0, 0.1) is 6.92 Å². The highest BCUT2D eigenvalue weighted by molar-refractivity contribution is 7.13. The highest BCUT2D eigenvalue weighted by Gasteiger charge is 2.10. The van der Waals surface area contributed by atoms with Gasteiger partial charge in [0.25, 0.3) is 5.91 Å². The third-order valence-electron chi connectivity index (χ3n) is 2.21. The van der Waals surface area contributed by atoms with Crippen molar-refractivity contribution < 1.29 is 9.59 Å². The number of thiophene rings is 1. The highest BCUT2D eigenvalue weighted by atomic mass is 32.1. The number of amides is 2. The van der Waals surface area contributed by atoms with E-state index in [9.17, 15) is 9.59 Å². The number of H-pyrrole nitrogens is 1. The molecular weight excluding hydrogens is 268 g/mol. The van der Waals surface area contributed by atoms with E-state index in [0.29, 0.717) is 10.7 Å². The average Bonchev–Trinajstić information content (AvgIpc) is 3.04. The molecule has 0 atom stereocenters. The van der Waals surface area contributed by atoms with Crippen LogP contribution in [0.5, 0.6) is 0 Å². The monoisotopic (exact) mass is 280 g/mol. The fourth-order valence-corrected chi connectivity index (χ4v) is 2.09. The number of rotatable bonds is 5. The Balaban J connectivity index is 1.73. The van der Waals surface area contributed by atoms with Gasteiger partial charge < -0.3 is 10.6 Å². The van der Waals surface area contributed by atoms with Crippen molar-refractivity contribution >= 4 is 23.2 Å². The van der Waals surface area contributed by atoms with Crippen molar-refractivity contribution in [1.82, 2.24) is 31.3 Å². The second kappa shape index (κ2) is 6.05. The van der Waals surface area contributed by atoms with E-state index in [1.54, 1.807) is 6.07 Å². The zero-order chi connectivity index (χ0) is 13.7. The summed E-state index contributed by atoms with van der Waals surface area (Å²) >= 11 is 1.38. The fourth-order valence-electron chi connectivity index (χ4n) is 1.30. The van der Waals surface area contributed by atoms with E-state index in [0.717, 1.165) is 4.88 Å². The number of aryl methyl sites for hydroxylation is 1. The van der Waals surface area contributed by atoms with E-state index in [1.807, 2.05) is 13.0 Å². The standard InChI is InChI=1S/C10H12N6O2S/c1-6-2-3-7(19-6)10(18)12-5-9(17)11-4-8-13-15-16-14-8/h2-3H,4-5H2,1H3,(H,11,17)(H,12,18)(H,13,14,15,16). The Hall–Kier alpha value is -2.29. The number of hydrogen-bond donors (Lipinski definition) is 3. The number of hydrogen-bond acceptors (Lipinski definition) is 6. The second-order valence-corrected chi connectivity index (χ2v) is 4.99. The Kier molecular flexibility index (Phi) is 4.18. The summed E-state index contributed by atoms with van der Waals surface area (Å²) in [6.45, 7) is 2.00. The largest absolute Gasteiger partial charge is 0.347 e. The Morgan fingerprint density at radius 3 is 2.84 bits per heavy atom. The van der Waals surface area contributed by atoms with Gasteiger partial charge in [-0.15, -0.1) is 21.5 Å². The van der Waals surface area contributed by atoms with Gasteiger partial charge in [0.1, 0.15) is 0 Å². The predicted molar refractivity (Wildman–Crippen MR) is 67.4 cm³/mol. The molecule has 0 spiro atoms. The minimum atomic E-state index is -0.313. The van der Waals surface area contributed by atoms with Crippen molar-refractivity contribution in [1.29, 1.82) is 0 Å². The summed E-state index contributed by atoms with van der Waals surface area (Å²) in [5.41, 5.74) is 0. The number of nitrogens with zero attached hydrogens (tertiary/aromatic N) is 3. The van der Waals surface area contributed by atoms with Crippen LogP contribution < -0.4 is 10.6 Å². The molecule has 2 aromatic rings. The van der Waals surface area contributed by atoms with Gasteiger partial charge in [-0.2, -0.15) is 5.21 Å². The first-order valence-corrected chi connectivity index (χ1v) is 6.30.